The van der Waals surface area contributed by atoms with Crippen LogP contribution in [0.4, 0.5) is 5.00 Å². The Bertz CT molecular complexity index is 944. The summed E-state index contributed by atoms with van der Waals surface area (Å²) in [6.45, 7) is 10.5. The molecule has 0 spiro atoms. The van der Waals surface area contributed by atoms with E-state index in [1.54, 1.807) is 13.0 Å². The quantitative estimate of drug-likeness (QED) is 0.525. The van der Waals surface area contributed by atoms with E-state index < -0.39 is 0 Å². The van der Waals surface area contributed by atoms with Crippen LogP contribution in [0.2, 0.25) is 0 Å². The molecule has 1 aliphatic rings. The van der Waals surface area contributed by atoms with Crippen LogP contribution in [0.5, 0.6) is 11.5 Å². The van der Waals surface area contributed by atoms with Crippen LogP contribution in [0.1, 0.15) is 61.0 Å². The fraction of sp³-hybridized carbons (Fsp3) is 0.429. The number of carbonyl (C=O) groups excluding carboxylic acids is 1. The lowest BCUT2D eigenvalue weighted by Crippen LogP contribution is -2.55. The molecule has 0 saturated carbocycles. The number of esters is 1. The van der Waals surface area contributed by atoms with E-state index >= 15 is 0 Å². The molecule has 0 saturated heterocycles. The molecule has 6 nitrogen and oxygen atoms in total. The Kier molecular flexibility index (Phi) is 5.25. The van der Waals surface area contributed by atoms with Crippen molar-refractivity contribution in [3.63, 3.8) is 0 Å². The summed E-state index contributed by atoms with van der Waals surface area (Å²) in [6, 6.07) is 4.30. The van der Waals surface area contributed by atoms with Crippen molar-refractivity contribution in [2.45, 2.75) is 52.1 Å². The summed E-state index contributed by atoms with van der Waals surface area (Å²) in [5.74, 6) is -0.482. The van der Waals surface area contributed by atoms with Gasteiger partial charge in [0.25, 0.3) is 0 Å². The number of aromatic hydroxyl groups is 2. The van der Waals surface area contributed by atoms with Crippen LogP contribution in [0, 0.1) is 0 Å². The summed E-state index contributed by atoms with van der Waals surface area (Å²) in [6.07, 6.45) is 2.19. The Hall–Kier alpha value is -2.38. The van der Waals surface area contributed by atoms with Crippen LogP contribution in [0.25, 0.3) is 0 Å². The molecule has 0 atom stereocenters. The molecule has 150 valence electrons. The maximum absolute atomic E-state index is 12.8. The van der Waals surface area contributed by atoms with Crippen LogP contribution < -0.4 is 5.32 Å². The first-order valence-electron chi connectivity index (χ1n) is 9.23. The number of phenols is 2. The van der Waals surface area contributed by atoms with Gasteiger partial charge in [-0.1, -0.05) is 0 Å². The summed E-state index contributed by atoms with van der Waals surface area (Å²) in [7, 11) is 0. The number of phenolic OH excluding ortho intramolecular Hbond substituents is 2. The zero-order valence-electron chi connectivity index (χ0n) is 16.8. The van der Waals surface area contributed by atoms with Crippen molar-refractivity contribution in [1.82, 2.24) is 5.32 Å². The number of ether oxygens (including phenoxy) is 1. The first-order chi connectivity index (χ1) is 13.0. The number of hydrogen-bond acceptors (Lipinski definition) is 7. The van der Waals surface area contributed by atoms with Gasteiger partial charge in [-0.15, -0.1) is 11.3 Å². The van der Waals surface area contributed by atoms with Crippen molar-refractivity contribution in [3.8, 4) is 11.5 Å². The number of nitrogens with one attached hydrogen (secondary N) is 1. The third-order valence-electron chi connectivity index (χ3n) is 4.64. The zero-order valence-corrected chi connectivity index (χ0v) is 17.6. The summed E-state index contributed by atoms with van der Waals surface area (Å²) < 4.78 is 5.31. The number of benzene rings is 1. The highest BCUT2D eigenvalue weighted by Gasteiger charge is 2.41. The van der Waals surface area contributed by atoms with Gasteiger partial charge in [-0.3, -0.25) is 0 Å². The molecule has 7 heteroatoms. The Balaban J connectivity index is 2.12. The second kappa shape index (κ2) is 7.22. The van der Waals surface area contributed by atoms with Crippen molar-refractivity contribution >= 4 is 28.5 Å². The molecular formula is C21H26N2O4S. The molecule has 0 bridgehead atoms. The highest BCUT2D eigenvalue weighted by atomic mass is 32.1. The second-order valence-corrected chi connectivity index (χ2v) is 9.12. The smallest absolute Gasteiger partial charge is 0.341 e. The van der Waals surface area contributed by atoms with Crippen molar-refractivity contribution in [2.24, 2.45) is 4.99 Å². The number of hydrogen-bond donors (Lipinski definition) is 3. The Labute approximate surface area is 168 Å². The lowest BCUT2D eigenvalue weighted by atomic mass is 9.81. The third kappa shape index (κ3) is 3.91. The molecule has 0 radical (unpaired) electrons. The van der Waals surface area contributed by atoms with Gasteiger partial charge in [-0.25, -0.2) is 9.79 Å². The largest absolute Gasteiger partial charge is 0.508 e. The molecule has 1 aromatic carbocycles. The Morgan fingerprint density at radius 1 is 1.32 bits per heavy atom. The predicted octanol–water partition coefficient (Wildman–Crippen LogP) is 4.25. The van der Waals surface area contributed by atoms with Crippen molar-refractivity contribution in [1.29, 1.82) is 0 Å². The summed E-state index contributed by atoms with van der Waals surface area (Å²) in [5.41, 5.74) is 1.45. The molecule has 28 heavy (non-hydrogen) atoms. The molecule has 0 amide bonds. The van der Waals surface area contributed by atoms with E-state index in [1.165, 1.54) is 29.7 Å². The van der Waals surface area contributed by atoms with E-state index in [9.17, 15) is 15.0 Å². The monoisotopic (exact) mass is 402 g/mol. The first kappa shape index (κ1) is 20.4. The molecule has 0 fully saturated rings. The molecule has 2 aromatic rings. The minimum atomic E-state index is -0.379. The third-order valence-corrected chi connectivity index (χ3v) is 6.10. The molecule has 1 aromatic heterocycles. The number of aliphatic imine (C=N–C) groups is 1. The molecule has 1 aliphatic heterocycles. The predicted molar refractivity (Wildman–Crippen MR) is 111 cm³/mol. The maximum Gasteiger partial charge on any atom is 0.341 e. The fourth-order valence-electron chi connectivity index (χ4n) is 3.79. The van der Waals surface area contributed by atoms with E-state index in [1.807, 2.05) is 0 Å². The van der Waals surface area contributed by atoms with E-state index in [0.29, 0.717) is 22.5 Å². The van der Waals surface area contributed by atoms with Gasteiger partial charge in [0.05, 0.1) is 12.2 Å². The normalized spacial score (nSPS) is 17.5. The van der Waals surface area contributed by atoms with Gasteiger partial charge < -0.3 is 20.3 Å². The second-order valence-electron chi connectivity index (χ2n) is 8.12. The van der Waals surface area contributed by atoms with Gasteiger partial charge in [0, 0.05) is 33.8 Å². The number of rotatable bonds is 4. The van der Waals surface area contributed by atoms with Gasteiger partial charge in [0.1, 0.15) is 16.5 Å². The maximum atomic E-state index is 12.8. The highest BCUT2D eigenvalue weighted by molar-refractivity contribution is 7.16. The minimum Gasteiger partial charge on any atom is -0.508 e. The van der Waals surface area contributed by atoms with Gasteiger partial charge in [0.15, 0.2) is 0 Å². The summed E-state index contributed by atoms with van der Waals surface area (Å²) in [4.78, 5) is 18.3. The standard InChI is InChI=1S/C21H26N2O4S/c1-6-27-19(26)16-14-10-20(2,3)23-21(4,5)17(14)28-18(16)22-11-12-7-8-13(24)9-15(12)25/h7-9,11,23-25H,6,10H2,1-5H3. The van der Waals surface area contributed by atoms with Crippen molar-refractivity contribution in [3.05, 3.63) is 39.8 Å². The average molecular weight is 403 g/mol. The van der Waals surface area contributed by atoms with Crippen LogP contribution in [0.15, 0.2) is 23.2 Å². The van der Waals surface area contributed by atoms with Crippen LogP contribution in [-0.2, 0) is 16.7 Å². The van der Waals surface area contributed by atoms with Crippen molar-refractivity contribution in [2.75, 3.05) is 6.61 Å². The topological polar surface area (TPSA) is 91.2 Å². The molecule has 3 N–H and O–H groups in total. The number of fused-ring (bicyclic) bond motifs is 1. The lowest BCUT2D eigenvalue weighted by molar-refractivity contribution is 0.0525. The highest BCUT2D eigenvalue weighted by Crippen LogP contribution is 2.46. The summed E-state index contributed by atoms with van der Waals surface area (Å²) >= 11 is 1.46. The van der Waals surface area contributed by atoms with Crippen molar-refractivity contribution < 1.29 is 19.7 Å². The van der Waals surface area contributed by atoms with Crippen LogP contribution in [-0.4, -0.2) is 34.5 Å². The van der Waals surface area contributed by atoms with Gasteiger partial charge in [0.2, 0.25) is 0 Å². The first-order valence-corrected chi connectivity index (χ1v) is 10.0. The van der Waals surface area contributed by atoms with Gasteiger partial charge >= 0.3 is 5.97 Å². The molecule has 2 heterocycles. The van der Waals surface area contributed by atoms with E-state index in [-0.39, 0.29) is 35.2 Å². The number of thiophene rings is 1. The molecular weight excluding hydrogens is 376 g/mol. The molecule has 0 unspecified atom stereocenters. The van der Waals surface area contributed by atoms with Crippen LogP contribution in [0.3, 0.4) is 0 Å². The van der Waals surface area contributed by atoms with Gasteiger partial charge in [-0.05, 0) is 58.7 Å². The zero-order chi connectivity index (χ0) is 20.7. The average Bonchev–Trinajstić information content (AvgIpc) is 2.91. The number of carbonyl (C=O) groups is 1. The van der Waals surface area contributed by atoms with Gasteiger partial charge in [-0.2, -0.15) is 0 Å². The Morgan fingerprint density at radius 3 is 2.68 bits per heavy atom. The van der Waals surface area contributed by atoms with E-state index in [2.05, 4.69) is 38.0 Å². The molecule has 3 rings (SSSR count). The SMILES string of the molecule is CCOC(=O)c1c(N=Cc2ccc(O)cc2O)sc2c1CC(C)(C)NC2(C)C. The number of nitrogens with zero attached hydrogens (tertiary/aromatic N) is 1. The lowest BCUT2D eigenvalue weighted by Gasteiger charge is -2.42. The minimum absolute atomic E-state index is 0.0245. The van der Waals surface area contributed by atoms with Crippen LogP contribution >= 0.6 is 11.3 Å². The van der Waals surface area contributed by atoms with E-state index in [4.69, 9.17) is 4.74 Å². The Morgan fingerprint density at radius 2 is 2.04 bits per heavy atom. The van der Waals surface area contributed by atoms with E-state index in [0.717, 1.165) is 10.4 Å². The summed E-state index contributed by atoms with van der Waals surface area (Å²) in [5, 5.41) is 23.6. The molecule has 0 aliphatic carbocycles. The fourth-order valence-corrected chi connectivity index (χ4v) is 5.00.